The summed E-state index contributed by atoms with van der Waals surface area (Å²) in [6.45, 7) is 1.95. The van der Waals surface area contributed by atoms with Crippen LogP contribution in [0.4, 0.5) is 10.1 Å². The van der Waals surface area contributed by atoms with E-state index < -0.39 is 18.1 Å². The molecule has 3 heterocycles. The number of carbonyl (C=O) groups excluding carboxylic acids is 3. The average molecular weight is 388 g/mol. The van der Waals surface area contributed by atoms with Crippen LogP contribution in [0.1, 0.15) is 25.7 Å². The lowest BCUT2D eigenvalue weighted by Gasteiger charge is -2.27. The number of amides is 3. The fraction of sp³-hybridized carbons (Fsp3) is 0.526. The summed E-state index contributed by atoms with van der Waals surface area (Å²) in [7, 11) is 0. The average Bonchev–Trinajstić information content (AvgIpc) is 2.92. The van der Waals surface area contributed by atoms with Gasteiger partial charge < -0.3 is 9.80 Å². The first-order valence-electron chi connectivity index (χ1n) is 9.68. The van der Waals surface area contributed by atoms with Crippen molar-refractivity contribution < 1.29 is 23.5 Å². The number of likely N-dealkylation sites (tertiary alicyclic amines) is 1. The molecule has 0 aromatic heterocycles. The van der Waals surface area contributed by atoms with Gasteiger partial charge in [0.1, 0.15) is 5.82 Å². The number of hydrogen-bond acceptors (Lipinski definition) is 5. The molecule has 3 amide bonds. The highest BCUT2D eigenvalue weighted by atomic mass is 19.1. The van der Waals surface area contributed by atoms with E-state index in [1.165, 1.54) is 17.0 Å². The van der Waals surface area contributed by atoms with Crippen molar-refractivity contribution in [2.45, 2.75) is 32.0 Å². The van der Waals surface area contributed by atoms with Gasteiger partial charge in [-0.15, -0.1) is 0 Å². The van der Waals surface area contributed by atoms with Crippen LogP contribution in [-0.2, 0) is 14.4 Å². The first-order valence-corrected chi connectivity index (χ1v) is 9.68. The predicted octanol–water partition coefficient (Wildman–Crippen LogP) is 1.17. The maximum atomic E-state index is 13.2. The number of azo groups is 2. The van der Waals surface area contributed by atoms with Crippen LogP contribution in [0.25, 0.3) is 0 Å². The van der Waals surface area contributed by atoms with E-state index in [2.05, 4.69) is 5.11 Å². The van der Waals surface area contributed by atoms with Crippen LogP contribution < -0.4 is 4.90 Å². The molecule has 0 N–H and O–H groups in total. The molecular weight excluding hydrogens is 365 g/mol. The molecule has 3 aliphatic heterocycles. The van der Waals surface area contributed by atoms with Crippen molar-refractivity contribution in [3.05, 3.63) is 30.1 Å². The molecule has 2 saturated heterocycles. The van der Waals surface area contributed by atoms with Crippen LogP contribution >= 0.6 is 0 Å². The van der Waals surface area contributed by atoms with Gasteiger partial charge in [0.15, 0.2) is 0 Å². The maximum absolute atomic E-state index is 13.2. The lowest BCUT2D eigenvalue weighted by atomic mass is 10.2. The summed E-state index contributed by atoms with van der Waals surface area (Å²) in [5.74, 6) is -1.98. The first-order chi connectivity index (χ1) is 13.5. The summed E-state index contributed by atoms with van der Waals surface area (Å²) in [6.07, 6.45) is 3.39. The molecule has 1 aromatic rings. The van der Waals surface area contributed by atoms with Crippen molar-refractivity contribution in [1.82, 2.24) is 9.80 Å². The molecule has 1 atom stereocenters. The monoisotopic (exact) mass is 388 g/mol. The van der Waals surface area contributed by atoms with E-state index in [9.17, 15) is 18.8 Å². The summed E-state index contributed by atoms with van der Waals surface area (Å²) < 4.78 is 14.2. The lowest BCUT2D eigenvalue weighted by molar-refractivity contribution is -0.510. The van der Waals surface area contributed by atoms with Crippen LogP contribution in [-0.4, -0.2) is 71.2 Å². The fourth-order valence-corrected chi connectivity index (χ4v) is 3.91. The lowest BCUT2D eigenvalue weighted by Crippen LogP contribution is -2.53. The molecule has 28 heavy (non-hydrogen) atoms. The van der Waals surface area contributed by atoms with Crippen LogP contribution in [0.15, 0.2) is 29.4 Å². The number of carbonyl (C=O) groups is 3. The molecule has 9 heteroatoms. The second-order valence-electron chi connectivity index (χ2n) is 7.29. The highest BCUT2D eigenvalue weighted by Gasteiger charge is 2.50. The minimum Gasteiger partial charge on any atom is -0.337 e. The van der Waals surface area contributed by atoms with Crippen LogP contribution in [0.2, 0.25) is 0 Å². The molecule has 0 spiro atoms. The van der Waals surface area contributed by atoms with Gasteiger partial charge in [-0.2, -0.15) is 0 Å². The van der Waals surface area contributed by atoms with Crippen LogP contribution in [0.5, 0.6) is 0 Å². The number of fused-ring (bicyclic) bond motifs is 1. The Morgan fingerprint density at radius 1 is 1.00 bits per heavy atom. The molecule has 1 unspecified atom stereocenters. The SMILES string of the molecule is O=C(C[N+]1=NC2N(CCN2c2ccc(F)cc2)C(=O)C1=O)N1CCCCCC1. The first kappa shape index (κ1) is 18.5. The van der Waals surface area contributed by atoms with Gasteiger partial charge in [0.25, 0.3) is 18.7 Å². The molecule has 0 radical (unpaired) electrons. The molecule has 1 aromatic carbocycles. The largest absolute Gasteiger partial charge is 0.502 e. The summed E-state index contributed by atoms with van der Waals surface area (Å²) in [4.78, 5) is 42.6. The van der Waals surface area contributed by atoms with Crippen molar-refractivity contribution in [3.8, 4) is 0 Å². The van der Waals surface area contributed by atoms with Gasteiger partial charge in [-0.05, 0) is 41.8 Å². The third-order valence-corrected chi connectivity index (χ3v) is 5.46. The van der Waals surface area contributed by atoms with E-state index in [1.54, 1.807) is 17.0 Å². The molecule has 0 saturated carbocycles. The summed E-state index contributed by atoms with van der Waals surface area (Å²) in [5, 5.41) is 4.39. The molecule has 8 nitrogen and oxygen atoms in total. The zero-order valence-electron chi connectivity index (χ0n) is 15.6. The molecule has 0 bridgehead atoms. The molecule has 0 aliphatic carbocycles. The smallest absolute Gasteiger partial charge is 0.337 e. The highest BCUT2D eigenvalue weighted by Crippen LogP contribution is 2.27. The van der Waals surface area contributed by atoms with Gasteiger partial charge in [-0.1, -0.05) is 12.8 Å². The zero-order valence-corrected chi connectivity index (χ0v) is 15.6. The molecule has 148 valence electrons. The van der Waals surface area contributed by atoms with Gasteiger partial charge in [-0.3, -0.25) is 14.5 Å². The Balaban J connectivity index is 1.55. The van der Waals surface area contributed by atoms with E-state index >= 15 is 0 Å². The van der Waals surface area contributed by atoms with Crippen LogP contribution in [0.3, 0.4) is 0 Å². The Morgan fingerprint density at radius 2 is 1.64 bits per heavy atom. The Hall–Kier alpha value is -2.84. The number of halogens is 1. The topological polar surface area (TPSA) is 76.3 Å². The number of hydrogen-bond donors (Lipinski definition) is 0. The van der Waals surface area contributed by atoms with Gasteiger partial charge >= 0.3 is 11.8 Å². The minimum atomic E-state index is -0.777. The zero-order chi connectivity index (χ0) is 19.7. The van der Waals surface area contributed by atoms with E-state index in [0.29, 0.717) is 31.9 Å². The number of benzene rings is 1. The fourth-order valence-electron chi connectivity index (χ4n) is 3.91. The molecular formula is C19H23FN5O3+. The van der Waals surface area contributed by atoms with E-state index in [4.69, 9.17) is 0 Å². The molecule has 3 aliphatic rings. The molecule has 4 rings (SSSR count). The highest BCUT2D eigenvalue weighted by molar-refractivity contribution is 6.31. The van der Waals surface area contributed by atoms with Gasteiger partial charge in [0.05, 0.1) is 0 Å². The number of nitrogens with zero attached hydrogens (tertiary/aromatic N) is 5. The molecule has 2 fully saturated rings. The third kappa shape index (κ3) is 3.48. The normalized spacial score (nSPS) is 22.8. The second kappa shape index (κ2) is 7.65. The van der Waals surface area contributed by atoms with Crippen molar-refractivity contribution >= 4 is 23.4 Å². The van der Waals surface area contributed by atoms with Crippen LogP contribution in [0, 0.1) is 5.82 Å². The summed E-state index contributed by atoms with van der Waals surface area (Å²) in [6, 6.07) is 5.91. The summed E-state index contributed by atoms with van der Waals surface area (Å²) in [5.41, 5.74) is 0.707. The van der Waals surface area contributed by atoms with Crippen molar-refractivity contribution in [2.24, 2.45) is 5.11 Å². The van der Waals surface area contributed by atoms with Gasteiger partial charge in [-0.25, -0.2) is 9.18 Å². The van der Waals surface area contributed by atoms with Gasteiger partial charge in [0, 0.05) is 37.0 Å². The van der Waals surface area contributed by atoms with Gasteiger partial charge in [0.2, 0.25) is 0 Å². The van der Waals surface area contributed by atoms with E-state index in [1.807, 2.05) is 4.90 Å². The third-order valence-electron chi connectivity index (χ3n) is 5.46. The predicted molar refractivity (Wildman–Crippen MR) is 96.9 cm³/mol. The Morgan fingerprint density at radius 3 is 2.32 bits per heavy atom. The van der Waals surface area contributed by atoms with Crippen molar-refractivity contribution in [2.75, 3.05) is 37.6 Å². The maximum Gasteiger partial charge on any atom is 0.502 e. The Bertz CT molecular complexity index is 817. The second-order valence-corrected chi connectivity index (χ2v) is 7.29. The van der Waals surface area contributed by atoms with E-state index in [-0.39, 0.29) is 18.3 Å². The minimum absolute atomic E-state index is 0.188. The number of anilines is 1. The van der Waals surface area contributed by atoms with Crippen molar-refractivity contribution in [3.63, 3.8) is 0 Å². The quantitative estimate of drug-likeness (QED) is 0.575. The standard InChI is InChI=1S/C19H23FN5O3/c20-14-5-7-15(8-6-14)23-11-12-24-17(27)18(28)25(21-19(23)24)13-16(26)22-9-3-1-2-4-10-22/h5-8,19H,1-4,9-13H2/q+1. The van der Waals surface area contributed by atoms with Crippen molar-refractivity contribution in [1.29, 1.82) is 0 Å². The Kier molecular flexibility index (Phi) is 5.06. The number of rotatable bonds is 3. The summed E-state index contributed by atoms with van der Waals surface area (Å²) >= 11 is 0. The Labute approximate surface area is 162 Å². The van der Waals surface area contributed by atoms with E-state index in [0.717, 1.165) is 30.4 Å².